The summed E-state index contributed by atoms with van der Waals surface area (Å²) >= 11 is 0. The molecule has 1 fully saturated rings. The summed E-state index contributed by atoms with van der Waals surface area (Å²) in [6.45, 7) is 5.08. The molecule has 0 N–H and O–H groups in total. The number of furan rings is 1. The molecule has 1 saturated heterocycles. The van der Waals surface area contributed by atoms with Gasteiger partial charge >= 0.3 is 0 Å². The van der Waals surface area contributed by atoms with E-state index >= 15 is 0 Å². The van der Waals surface area contributed by atoms with Crippen LogP contribution >= 0.6 is 0 Å². The van der Waals surface area contributed by atoms with Crippen molar-refractivity contribution in [1.82, 2.24) is 9.80 Å². The van der Waals surface area contributed by atoms with Crippen LogP contribution in [0.3, 0.4) is 0 Å². The lowest BCUT2D eigenvalue weighted by atomic mass is 9.92. The lowest BCUT2D eigenvalue weighted by molar-refractivity contribution is 0.0568. The first-order valence-electron chi connectivity index (χ1n) is 11.9. The highest BCUT2D eigenvalue weighted by molar-refractivity contribution is 5.99. The predicted molar refractivity (Wildman–Crippen MR) is 131 cm³/mol. The maximum Gasteiger partial charge on any atom is 0.289 e. The number of amides is 1. The van der Waals surface area contributed by atoms with Crippen LogP contribution in [0.4, 0.5) is 0 Å². The highest BCUT2D eigenvalue weighted by Crippen LogP contribution is 2.37. The molecular formula is C29H28N2O2. The molecule has 3 aromatic carbocycles. The number of carbonyl (C=O) groups excluding carboxylic acids is 1. The largest absolute Gasteiger partial charge is 0.451 e. The number of aryl methyl sites for hydroxylation is 3. The van der Waals surface area contributed by atoms with Gasteiger partial charge in [-0.25, -0.2) is 0 Å². The van der Waals surface area contributed by atoms with Gasteiger partial charge in [-0.15, -0.1) is 0 Å². The van der Waals surface area contributed by atoms with Gasteiger partial charge in [0.05, 0.1) is 6.04 Å². The third-order valence-corrected chi connectivity index (χ3v) is 7.37. The van der Waals surface area contributed by atoms with Crippen LogP contribution in [-0.2, 0) is 12.8 Å². The zero-order valence-electron chi connectivity index (χ0n) is 19.0. The molecule has 4 nitrogen and oxygen atoms in total. The summed E-state index contributed by atoms with van der Waals surface area (Å²) in [6.07, 6.45) is 2.15. The number of nitrogens with zero attached hydrogens (tertiary/aromatic N) is 2. The molecule has 0 radical (unpaired) electrons. The molecule has 6 rings (SSSR count). The van der Waals surface area contributed by atoms with Crippen molar-refractivity contribution in [2.45, 2.75) is 25.8 Å². The standard InChI is InChI=1S/C29H28N2O2/c1-20-23-10-6-7-13-26(23)33-28(20)29(32)31-18-16-30(17-19-31)27-24-11-4-2-8-21(24)14-15-22-9-3-5-12-25(22)27/h2-13,27H,14-19H2,1H3. The summed E-state index contributed by atoms with van der Waals surface area (Å²) in [6, 6.07) is 25.9. The zero-order valence-corrected chi connectivity index (χ0v) is 19.0. The highest BCUT2D eigenvalue weighted by atomic mass is 16.3. The number of carbonyl (C=O) groups is 1. The first-order chi connectivity index (χ1) is 16.2. The van der Waals surface area contributed by atoms with Crippen molar-refractivity contribution in [2.75, 3.05) is 26.2 Å². The van der Waals surface area contributed by atoms with Crippen LogP contribution in [0.1, 0.15) is 44.4 Å². The fourth-order valence-electron chi connectivity index (χ4n) is 5.59. The van der Waals surface area contributed by atoms with E-state index < -0.39 is 0 Å². The van der Waals surface area contributed by atoms with Gasteiger partial charge in [0, 0.05) is 37.1 Å². The van der Waals surface area contributed by atoms with E-state index in [0.29, 0.717) is 18.8 Å². The Balaban J connectivity index is 1.27. The average Bonchev–Trinajstić information content (AvgIpc) is 3.10. The summed E-state index contributed by atoms with van der Waals surface area (Å²) in [7, 11) is 0. The molecule has 0 bridgehead atoms. The van der Waals surface area contributed by atoms with Gasteiger partial charge in [0.15, 0.2) is 5.76 Å². The van der Waals surface area contributed by atoms with Crippen molar-refractivity contribution in [3.63, 3.8) is 0 Å². The number of para-hydroxylation sites is 1. The van der Waals surface area contributed by atoms with Crippen molar-refractivity contribution in [3.8, 4) is 0 Å². The quantitative estimate of drug-likeness (QED) is 0.423. The lowest BCUT2D eigenvalue weighted by Gasteiger charge is -2.40. The Labute approximate surface area is 194 Å². The van der Waals surface area contributed by atoms with Crippen LogP contribution in [0.5, 0.6) is 0 Å². The van der Waals surface area contributed by atoms with Crippen molar-refractivity contribution >= 4 is 16.9 Å². The van der Waals surface area contributed by atoms with Gasteiger partial charge in [0.25, 0.3) is 5.91 Å². The highest BCUT2D eigenvalue weighted by Gasteiger charge is 2.33. The molecule has 1 aliphatic carbocycles. The van der Waals surface area contributed by atoms with Crippen LogP contribution in [0.25, 0.3) is 11.0 Å². The Morgan fingerprint density at radius 1 is 0.788 bits per heavy atom. The molecule has 2 heterocycles. The van der Waals surface area contributed by atoms with E-state index in [0.717, 1.165) is 42.5 Å². The SMILES string of the molecule is Cc1c(C(=O)N2CCN(C3c4ccccc4CCc4ccccc43)CC2)oc2ccccc12. The van der Waals surface area contributed by atoms with Crippen molar-refractivity contribution in [1.29, 1.82) is 0 Å². The number of rotatable bonds is 2. The lowest BCUT2D eigenvalue weighted by Crippen LogP contribution is -2.50. The van der Waals surface area contributed by atoms with E-state index in [4.69, 9.17) is 4.42 Å². The van der Waals surface area contributed by atoms with Gasteiger partial charge in [0.2, 0.25) is 0 Å². The first-order valence-corrected chi connectivity index (χ1v) is 11.9. The molecule has 0 atom stereocenters. The van der Waals surface area contributed by atoms with E-state index in [2.05, 4.69) is 53.4 Å². The molecular weight excluding hydrogens is 408 g/mol. The van der Waals surface area contributed by atoms with Crippen LogP contribution in [0.15, 0.2) is 77.2 Å². The zero-order chi connectivity index (χ0) is 22.4. The van der Waals surface area contributed by atoms with E-state index in [1.165, 1.54) is 22.3 Å². The minimum absolute atomic E-state index is 0.00465. The van der Waals surface area contributed by atoms with Crippen molar-refractivity contribution in [3.05, 3.63) is 106 Å². The van der Waals surface area contributed by atoms with Crippen molar-refractivity contribution < 1.29 is 9.21 Å². The van der Waals surface area contributed by atoms with E-state index in [1.807, 2.05) is 36.1 Å². The number of piperazine rings is 1. The number of fused-ring (bicyclic) bond motifs is 3. The van der Waals surface area contributed by atoms with E-state index in [-0.39, 0.29) is 11.9 Å². The molecule has 1 amide bonds. The summed E-state index contributed by atoms with van der Waals surface area (Å²) < 4.78 is 5.96. The Kier molecular flexibility index (Phi) is 5.03. The Morgan fingerprint density at radius 2 is 1.36 bits per heavy atom. The second kappa shape index (κ2) is 8.20. The summed E-state index contributed by atoms with van der Waals surface area (Å²) in [5.74, 6) is 0.486. The Morgan fingerprint density at radius 3 is 2.00 bits per heavy atom. The van der Waals surface area contributed by atoms with Crippen LogP contribution in [0, 0.1) is 6.92 Å². The van der Waals surface area contributed by atoms with Gasteiger partial charge in [-0.3, -0.25) is 9.69 Å². The average molecular weight is 437 g/mol. The topological polar surface area (TPSA) is 36.7 Å². The van der Waals surface area contributed by atoms with E-state index in [1.54, 1.807) is 0 Å². The summed E-state index contributed by atoms with van der Waals surface area (Å²) in [5, 5.41) is 1.02. The molecule has 0 spiro atoms. The molecule has 1 aromatic heterocycles. The van der Waals surface area contributed by atoms with Crippen LogP contribution < -0.4 is 0 Å². The number of benzene rings is 3. The summed E-state index contributed by atoms with van der Waals surface area (Å²) in [5.41, 5.74) is 7.42. The Hall–Kier alpha value is -3.37. The smallest absolute Gasteiger partial charge is 0.289 e. The number of hydrogen-bond donors (Lipinski definition) is 0. The minimum atomic E-state index is 0.00465. The van der Waals surface area contributed by atoms with Gasteiger partial charge in [-0.2, -0.15) is 0 Å². The van der Waals surface area contributed by atoms with Crippen LogP contribution in [-0.4, -0.2) is 41.9 Å². The summed E-state index contributed by atoms with van der Waals surface area (Å²) in [4.78, 5) is 17.8. The fourth-order valence-corrected chi connectivity index (χ4v) is 5.59. The molecule has 0 saturated carbocycles. The fraction of sp³-hybridized carbons (Fsp3) is 0.276. The maximum absolute atomic E-state index is 13.3. The van der Waals surface area contributed by atoms with Gasteiger partial charge in [-0.05, 0) is 48.1 Å². The number of hydrogen-bond acceptors (Lipinski definition) is 3. The van der Waals surface area contributed by atoms with Crippen LogP contribution in [0.2, 0.25) is 0 Å². The van der Waals surface area contributed by atoms with E-state index in [9.17, 15) is 4.79 Å². The predicted octanol–water partition coefficient (Wildman–Crippen LogP) is 5.39. The third kappa shape index (κ3) is 3.46. The van der Waals surface area contributed by atoms with Crippen molar-refractivity contribution in [2.24, 2.45) is 0 Å². The molecule has 4 heteroatoms. The second-order valence-electron chi connectivity index (χ2n) is 9.18. The second-order valence-corrected chi connectivity index (χ2v) is 9.18. The molecule has 2 aliphatic rings. The van der Waals surface area contributed by atoms with Gasteiger partial charge in [-0.1, -0.05) is 66.7 Å². The molecule has 4 aromatic rings. The monoisotopic (exact) mass is 436 g/mol. The maximum atomic E-state index is 13.3. The third-order valence-electron chi connectivity index (χ3n) is 7.37. The Bertz CT molecular complexity index is 1280. The van der Waals surface area contributed by atoms with Gasteiger partial charge in [0.1, 0.15) is 5.58 Å². The molecule has 166 valence electrons. The molecule has 0 unspecified atom stereocenters. The first kappa shape index (κ1) is 20.3. The molecule has 1 aliphatic heterocycles. The normalized spacial score (nSPS) is 16.9. The minimum Gasteiger partial charge on any atom is -0.451 e. The van der Waals surface area contributed by atoms with Gasteiger partial charge < -0.3 is 9.32 Å². The molecule has 33 heavy (non-hydrogen) atoms.